The summed E-state index contributed by atoms with van der Waals surface area (Å²) in [6, 6.07) is 0.0349. The van der Waals surface area contributed by atoms with Gasteiger partial charge in [0.15, 0.2) is 12.4 Å². The molecule has 1 spiro atoms. The molecule has 17 atom stereocenters. The van der Waals surface area contributed by atoms with Crippen molar-refractivity contribution >= 4 is 11.9 Å². The number of rotatable bonds is 6. The highest BCUT2D eigenvalue weighted by atomic mass is 16.7. The molecule has 8 aliphatic rings. The van der Waals surface area contributed by atoms with Gasteiger partial charge in [-0.25, -0.2) is 4.79 Å². The van der Waals surface area contributed by atoms with Crippen molar-refractivity contribution in [1.82, 2.24) is 5.32 Å². The van der Waals surface area contributed by atoms with Crippen LogP contribution in [0.15, 0.2) is 23.8 Å². The largest absolute Gasteiger partial charge is 0.481 e. The van der Waals surface area contributed by atoms with Crippen molar-refractivity contribution in [3.05, 3.63) is 23.8 Å². The maximum Gasteiger partial charge on any atom is 0.335 e. The molecule has 6 aliphatic carbocycles. The van der Waals surface area contributed by atoms with Gasteiger partial charge in [0.25, 0.3) is 0 Å². The normalized spacial score (nSPS) is 55.7. The van der Waals surface area contributed by atoms with Crippen LogP contribution in [0.5, 0.6) is 0 Å². The molecule has 0 aromatic heterocycles. The number of nitrogens with one attached hydrogen (secondary N) is 1. The number of methoxy groups -OCH3 is 1. The summed E-state index contributed by atoms with van der Waals surface area (Å²) in [7, 11) is 1.71. The molecule has 6 fully saturated rings. The van der Waals surface area contributed by atoms with E-state index in [0.717, 1.165) is 44.9 Å². The Kier molecular flexibility index (Phi) is 8.26. The molecule has 11 nitrogen and oxygen atoms in total. The Morgan fingerprint density at radius 2 is 1.69 bits per heavy atom. The third-order valence-corrected chi connectivity index (χ3v) is 17.7. The maximum absolute atomic E-state index is 14.1. The molecular formula is C41H61NO10. The van der Waals surface area contributed by atoms with Crippen LogP contribution in [0.4, 0.5) is 0 Å². The highest BCUT2D eigenvalue weighted by Crippen LogP contribution is 2.82. The third kappa shape index (κ3) is 4.22. The minimum Gasteiger partial charge on any atom is -0.481 e. The van der Waals surface area contributed by atoms with Crippen molar-refractivity contribution in [2.75, 3.05) is 20.3 Å². The second-order valence-electron chi connectivity index (χ2n) is 19.9. The van der Waals surface area contributed by atoms with Crippen molar-refractivity contribution in [2.45, 2.75) is 136 Å². The quantitative estimate of drug-likeness (QED) is 0.171. The lowest BCUT2D eigenvalue weighted by molar-refractivity contribution is -0.324. The van der Waals surface area contributed by atoms with Gasteiger partial charge in [0.05, 0.1) is 18.1 Å². The van der Waals surface area contributed by atoms with Crippen LogP contribution >= 0.6 is 0 Å². The third-order valence-electron chi connectivity index (χ3n) is 17.7. The highest BCUT2D eigenvalue weighted by molar-refractivity contribution is 5.81. The second kappa shape index (κ2) is 11.6. The fraction of sp³-hybridized carbons (Fsp3) is 0.854. The van der Waals surface area contributed by atoms with E-state index in [1.165, 1.54) is 5.57 Å². The Balaban J connectivity index is 1.16. The van der Waals surface area contributed by atoms with Gasteiger partial charge in [-0.2, -0.15) is 0 Å². The standard InChI is InChI=1S/C41H61NO10/c1-35(2)23-11-16-38(5)24(37(23,4)15-12-26(35)51-32-29(45)27(43)28(44)30(52-32)31(46)47)9-10-25-39(38,6)18-21-19-42-33-36(3)13-8-14-40(25,33)41(21,34(48)49)22(17-36)20-50-7/h8,10,14,21-24,26-30,32-33,42-45H,9,11-13,15-20H2,1-7H3,(H,46,47)(H,48,49). The Hall–Kier alpha value is -1.86. The maximum atomic E-state index is 14.1. The molecule has 17 unspecified atom stereocenters. The lowest BCUT2D eigenvalue weighted by atomic mass is 9.26. The number of piperidine rings is 1. The van der Waals surface area contributed by atoms with Crippen LogP contribution in [0.25, 0.3) is 0 Å². The van der Waals surface area contributed by atoms with Crippen LogP contribution in [0.3, 0.4) is 0 Å². The number of aliphatic hydroxyl groups is 3. The molecular weight excluding hydrogens is 666 g/mol. The number of aliphatic carboxylic acids is 2. The van der Waals surface area contributed by atoms with E-state index in [4.69, 9.17) is 14.2 Å². The molecule has 6 N–H and O–H groups in total. The van der Waals surface area contributed by atoms with Crippen molar-refractivity contribution < 1.29 is 49.3 Å². The average Bonchev–Trinajstić information content (AvgIpc) is 3.05. The SMILES string of the molecule is COCC1CC2(C)CC=CC34C5=CCC6C7(C)CCC(OC8OC(C(=O)O)C(O)C(O)C8O)C(C)(C)C7CCC6(C)C5(C)CC(CNC23)C14C(=O)O. The van der Waals surface area contributed by atoms with Crippen LogP contribution in [0.2, 0.25) is 0 Å². The first-order valence-corrected chi connectivity index (χ1v) is 19.7. The minimum atomic E-state index is -1.76. The van der Waals surface area contributed by atoms with Gasteiger partial charge in [-0.05, 0) is 103 Å². The van der Waals surface area contributed by atoms with Crippen LogP contribution in [-0.4, -0.2) is 101 Å². The lowest BCUT2D eigenvalue weighted by Gasteiger charge is -2.78. The number of hydrogen-bond donors (Lipinski definition) is 6. The molecule has 0 radical (unpaired) electrons. The Morgan fingerprint density at radius 1 is 0.962 bits per heavy atom. The smallest absolute Gasteiger partial charge is 0.335 e. The van der Waals surface area contributed by atoms with E-state index in [1.807, 2.05) is 0 Å². The summed E-state index contributed by atoms with van der Waals surface area (Å²) >= 11 is 0. The fourth-order valence-corrected chi connectivity index (χ4v) is 15.6. The predicted octanol–water partition coefficient (Wildman–Crippen LogP) is 4.14. The summed E-state index contributed by atoms with van der Waals surface area (Å²) in [5, 5.41) is 56.7. The molecule has 11 heteroatoms. The molecule has 290 valence electrons. The molecule has 2 saturated heterocycles. The van der Waals surface area contributed by atoms with E-state index >= 15 is 0 Å². The minimum absolute atomic E-state index is 0.0349. The van der Waals surface area contributed by atoms with Gasteiger partial charge < -0.3 is 45.1 Å². The number of hydrogen-bond acceptors (Lipinski definition) is 9. The number of carboxylic acids is 2. The zero-order valence-electron chi connectivity index (χ0n) is 31.9. The molecule has 0 amide bonds. The number of fused-ring (bicyclic) bond motifs is 5. The number of carboxylic acid groups (broad SMARTS) is 2. The van der Waals surface area contributed by atoms with Gasteiger partial charge >= 0.3 is 11.9 Å². The average molecular weight is 728 g/mol. The molecule has 2 aliphatic heterocycles. The van der Waals surface area contributed by atoms with E-state index in [-0.39, 0.29) is 57.0 Å². The summed E-state index contributed by atoms with van der Waals surface area (Å²) in [5.41, 5.74) is -1.08. The summed E-state index contributed by atoms with van der Waals surface area (Å²) in [4.78, 5) is 25.9. The number of ether oxygens (including phenoxy) is 3. The first kappa shape index (κ1) is 37.1. The van der Waals surface area contributed by atoms with Crippen LogP contribution < -0.4 is 5.32 Å². The number of allylic oxidation sites excluding steroid dienone is 2. The Labute approximate surface area is 307 Å². The monoisotopic (exact) mass is 727 g/mol. The summed E-state index contributed by atoms with van der Waals surface area (Å²) in [6.45, 7) is 15.4. The molecule has 0 aromatic carbocycles. The Morgan fingerprint density at radius 3 is 2.37 bits per heavy atom. The Bertz CT molecular complexity index is 1580. The first-order chi connectivity index (χ1) is 24.3. The van der Waals surface area contributed by atoms with E-state index in [1.54, 1.807) is 7.11 Å². The summed E-state index contributed by atoms with van der Waals surface area (Å²) in [6.07, 6.45) is 5.56. The molecule has 8 rings (SSSR count). The van der Waals surface area contributed by atoms with Gasteiger partial charge in [0.2, 0.25) is 0 Å². The van der Waals surface area contributed by atoms with Crippen LogP contribution in [-0.2, 0) is 23.8 Å². The van der Waals surface area contributed by atoms with E-state index in [9.17, 15) is 35.1 Å². The van der Waals surface area contributed by atoms with Crippen molar-refractivity contribution in [2.24, 2.45) is 61.6 Å². The zero-order valence-corrected chi connectivity index (χ0v) is 31.9. The van der Waals surface area contributed by atoms with Gasteiger partial charge in [-0.1, -0.05) is 65.3 Å². The molecule has 4 saturated carbocycles. The second-order valence-corrected chi connectivity index (χ2v) is 19.9. The van der Waals surface area contributed by atoms with E-state index < -0.39 is 53.5 Å². The molecule has 0 aromatic rings. The molecule has 52 heavy (non-hydrogen) atoms. The number of carbonyl (C=O) groups is 2. The van der Waals surface area contributed by atoms with E-state index in [0.29, 0.717) is 25.5 Å². The summed E-state index contributed by atoms with van der Waals surface area (Å²) in [5.74, 6) is -1.64. The number of aliphatic hydroxyl groups excluding tert-OH is 3. The topological polar surface area (TPSA) is 175 Å². The summed E-state index contributed by atoms with van der Waals surface area (Å²) < 4.78 is 17.9. The molecule has 2 heterocycles. The van der Waals surface area contributed by atoms with Gasteiger partial charge in [-0.3, -0.25) is 4.79 Å². The van der Waals surface area contributed by atoms with E-state index in [2.05, 4.69) is 65.1 Å². The van der Waals surface area contributed by atoms with Gasteiger partial charge in [0.1, 0.15) is 18.3 Å². The van der Waals surface area contributed by atoms with Crippen molar-refractivity contribution in [3.63, 3.8) is 0 Å². The molecule has 5 bridgehead atoms. The van der Waals surface area contributed by atoms with Gasteiger partial charge in [-0.15, -0.1) is 0 Å². The predicted molar refractivity (Wildman–Crippen MR) is 190 cm³/mol. The van der Waals surface area contributed by atoms with Crippen molar-refractivity contribution in [1.29, 1.82) is 0 Å². The van der Waals surface area contributed by atoms with Crippen LogP contribution in [0, 0.1) is 61.6 Å². The first-order valence-electron chi connectivity index (χ1n) is 19.7. The zero-order chi connectivity index (χ0) is 37.6. The fourth-order valence-electron chi connectivity index (χ4n) is 15.6. The highest BCUT2D eigenvalue weighted by Gasteiger charge is 2.81. The van der Waals surface area contributed by atoms with Crippen molar-refractivity contribution in [3.8, 4) is 0 Å². The lowest BCUT2D eigenvalue weighted by Crippen LogP contribution is -2.82. The van der Waals surface area contributed by atoms with Gasteiger partial charge in [0, 0.05) is 24.5 Å². The van der Waals surface area contributed by atoms with Crippen LogP contribution in [0.1, 0.15) is 92.9 Å².